The summed E-state index contributed by atoms with van der Waals surface area (Å²) in [6, 6.07) is 5.55. The molecule has 0 aromatic heterocycles. The smallest absolute Gasteiger partial charge is 0.231 e. The second kappa shape index (κ2) is 4.72. The summed E-state index contributed by atoms with van der Waals surface area (Å²) in [5.74, 6) is 1.54. The predicted octanol–water partition coefficient (Wildman–Crippen LogP) is 2.96. The average Bonchev–Trinajstić information content (AvgIpc) is 2.74. The molecule has 1 aliphatic rings. The predicted molar refractivity (Wildman–Crippen MR) is 69.8 cm³/mol. The highest BCUT2D eigenvalue weighted by molar-refractivity contribution is 5.94. The van der Waals surface area contributed by atoms with Crippen molar-refractivity contribution in [3.8, 4) is 11.5 Å². The SMILES string of the molecule is CC(C)(C)C(=O)/C=C/Nc1ccc2c(c1)OCO2. The maximum atomic E-state index is 11.7. The molecular formula is C14H17NO3. The maximum absolute atomic E-state index is 11.7. The zero-order valence-corrected chi connectivity index (χ0v) is 10.8. The minimum atomic E-state index is -0.354. The molecule has 1 aliphatic heterocycles. The lowest BCUT2D eigenvalue weighted by Crippen LogP contribution is -2.17. The van der Waals surface area contributed by atoms with Crippen LogP contribution >= 0.6 is 0 Å². The minimum Gasteiger partial charge on any atom is -0.454 e. The van der Waals surface area contributed by atoms with Gasteiger partial charge in [-0.05, 0) is 18.2 Å². The third-order valence-corrected chi connectivity index (χ3v) is 2.60. The van der Waals surface area contributed by atoms with Crippen LogP contribution in [0.2, 0.25) is 0 Å². The lowest BCUT2D eigenvalue weighted by molar-refractivity contribution is -0.121. The van der Waals surface area contributed by atoms with Gasteiger partial charge in [-0.2, -0.15) is 0 Å². The molecular weight excluding hydrogens is 230 g/mol. The first-order chi connectivity index (χ1) is 8.47. The third-order valence-electron chi connectivity index (χ3n) is 2.60. The van der Waals surface area contributed by atoms with Crippen molar-refractivity contribution in [2.24, 2.45) is 5.41 Å². The number of carbonyl (C=O) groups excluding carboxylic acids is 1. The molecule has 4 heteroatoms. The van der Waals surface area contributed by atoms with E-state index in [2.05, 4.69) is 5.32 Å². The van der Waals surface area contributed by atoms with Crippen LogP contribution in [0.15, 0.2) is 30.5 Å². The number of nitrogens with one attached hydrogen (secondary N) is 1. The van der Waals surface area contributed by atoms with E-state index in [4.69, 9.17) is 9.47 Å². The van der Waals surface area contributed by atoms with Gasteiger partial charge in [-0.25, -0.2) is 0 Å². The number of anilines is 1. The van der Waals surface area contributed by atoms with Gasteiger partial charge in [0.1, 0.15) is 0 Å². The van der Waals surface area contributed by atoms with Gasteiger partial charge in [0.15, 0.2) is 17.3 Å². The molecule has 1 heterocycles. The van der Waals surface area contributed by atoms with Crippen molar-refractivity contribution in [1.82, 2.24) is 0 Å². The first-order valence-electron chi connectivity index (χ1n) is 5.84. The Hall–Kier alpha value is -1.97. The molecule has 1 aromatic carbocycles. The van der Waals surface area contributed by atoms with Gasteiger partial charge in [-0.3, -0.25) is 4.79 Å². The van der Waals surface area contributed by atoms with Crippen molar-refractivity contribution < 1.29 is 14.3 Å². The lowest BCUT2D eigenvalue weighted by Gasteiger charge is -2.13. The summed E-state index contributed by atoms with van der Waals surface area (Å²) in [5.41, 5.74) is 0.504. The second-order valence-electron chi connectivity index (χ2n) is 5.16. The Bertz CT molecular complexity index is 486. The van der Waals surface area contributed by atoms with Gasteiger partial charge in [0.25, 0.3) is 0 Å². The van der Waals surface area contributed by atoms with Crippen LogP contribution in [0, 0.1) is 5.41 Å². The number of allylic oxidation sites excluding steroid dienone is 1. The van der Waals surface area contributed by atoms with E-state index in [1.165, 1.54) is 0 Å². The molecule has 0 bridgehead atoms. The van der Waals surface area contributed by atoms with Crippen LogP contribution in [0.1, 0.15) is 20.8 Å². The molecule has 0 saturated heterocycles. The van der Waals surface area contributed by atoms with E-state index in [1.807, 2.05) is 39.0 Å². The van der Waals surface area contributed by atoms with Crippen LogP contribution in [0.4, 0.5) is 5.69 Å². The Balaban J connectivity index is 1.99. The van der Waals surface area contributed by atoms with Crippen molar-refractivity contribution in [3.05, 3.63) is 30.5 Å². The Kier molecular flexibility index (Phi) is 3.28. The first kappa shape index (κ1) is 12.5. The standard InChI is InChI=1S/C14H17NO3/c1-14(2,3)13(16)6-7-15-10-4-5-11-12(8-10)18-9-17-11/h4-8,15H,9H2,1-3H3/b7-6+. The zero-order valence-electron chi connectivity index (χ0n) is 10.8. The molecule has 2 rings (SSSR count). The summed E-state index contributed by atoms with van der Waals surface area (Å²) < 4.78 is 10.5. The van der Waals surface area contributed by atoms with Crippen molar-refractivity contribution in [1.29, 1.82) is 0 Å². The van der Waals surface area contributed by atoms with E-state index >= 15 is 0 Å². The van der Waals surface area contributed by atoms with Gasteiger partial charge in [-0.15, -0.1) is 0 Å². The molecule has 4 nitrogen and oxygen atoms in total. The summed E-state index contributed by atoms with van der Waals surface area (Å²) in [5, 5.41) is 3.04. The molecule has 1 N–H and O–H groups in total. The molecule has 1 aromatic rings. The normalized spacial score (nSPS) is 13.9. The van der Waals surface area contributed by atoms with Gasteiger partial charge < -0.3 is 14.8 Å². The number of carbonyl (C=O) groups is 1. The summed E-state index contributed by atoms with van der Waals surface area (Å²) in [7, 11) is 0. The quantitative estimate of drug-likeness (QED) is 0.834. The number of rotatable bonds is 3. The Morgan fingerprint density at radius 2 is 2.00 bits per heavy atom. The molecule has 96 valence electrons. The Morgan fingerprint density at radius 3 is 2.72 bits per heavy atom. The van der Waals surface area contributed by atoms with Crippen LogP contribution in [-0.4, -0.2) is 12.6 Å². The Labute approximate surface area is 107 Å². The summed E-state index contributed by atoms with van der Waals surface area (Å²) in [6.45, 7) is 5.93. The fourth-order valence-electron chi connectivity index (χ4n) is 1.45. The van der Waals surface area contributed by atoms with Gasteiger partial charge in [0, 0.05) is 23.4 Å². The molecule has 0 unspecified atom stereocenters. The van der Waals surface area contributed by atoms with Crippen LogP contribution in [0.25, 0.3) is 0 Å². The van der Waals surface area contributed by atoms with Crippen LogP contribution in [0.3, 0.4) is 0 Å². The van der Waals surface area contributed by atoms with Gasteiger partial charge in [0.2, 0.25) is 6.79 Å². The Morgan fingerprint density at radius 1 is 1.28 bits per heavy atom. The fourth-order valence-corrected chi connectivity index (χ4v) is 1.45. The number of benzene rings is 1. The molecule has 0 aliphatic carbocycles. The van der Waals surface area contributed by atoms with Crippen molar-refractivity contribution in [3.63, 3.8) is 0 Å². The van der Waals surface area contributed by atoms with Crippen molar-refractivity contribution in [2.45, 2.75) is 20.8 Å². The minimum absolute atomic E-state index is 0.0794. The molecule has 0 radical (unpaired) electrons. The highest BCUT2D eigenvalue weighted by Gasteiger charge is 2.18. The molecule has 0 fully saturated rings. The molecule has 0 amide bonds. The van der Waals surface area contributed by atoms with E-state index in [9.17, 15) is 4.79 Å². The van der Waals surface area contributed by atoms with Crippen molar-refractivity contribution in [2.75, 3.05) is 12.1 Å². The maximum Gasteiger partial charge on any atom is 0.231 e. The number of fused-ring (bicyclic) bond motifs is 1. The largest absolute Gasteiger partial charge is 0.454 e. The number of ketones is 1. The molecule has 0 saturated carbocycles. The summed E-state index contributed by atoms with van der Waals surface area (Å²) >= 11 is 0. The van der Waals surface area contributed by atoms with Gasteiger partial charge in [-0.1, -0.05) is 20.8 Å². The topological polar surface area (TPSA) is 47.6 Å². The highest BCUT2D eigenvalue weighted by Crippen LogP contribution is 2.34. The van der Waals surface area contributed by atoms with Gasteiger partial charge in [0.05, 0.1) is 0 Å². The van der Waals surface area contributed by atoms with Crippen LogP contribution < -0.4 is 14.8 Å². The third kappa shape index (κ3) is 2.83. The molecule has 18 heavy (non-hydrogen) atoms. The molecule has 0 atom stereocenters. The van der Waals surface area contributed by atoms with E-state index in [0.29, 0.717) is 0 Å². The number of ether oxygens (including phenoxy) is 2. The van der Waals surface area contributed by atoms with Crippen molar-refractivity contribution >= 4 is 11.5 Å². The van der Waals surface area contributed by atoms with Gasteiger partial charge >= 0.3 is 0 Å². The number of hydrogen-bond donors (Lipinski definition) is 1. The van der Waals surface area contributed by atoms with E-state index < -0.39 is 0 Å². The summed E-state index contributed by atoms with van der Waals surface area (Å²) in [6.07, 6.45) is 3.19. The fraction of sp³-hybridized carbons (Fsp3) is 0.357. The second-order valence-corrected chi connectivity index (χ2v) is 5.16. The highest BCUT2D eigenvalue weighted by atomic mass is 16.7. The van der Waals surface area contributed by atoms with Crippen LogP contribution in [-0.2, 0) is 4.79 Å². The van der Waals surface area contributed by atoms with E-state index in [0.717, 1.165) is 17.2 Å². The van der Waals surface area contributed by atoms with Crippen LogP contribution in [0.5, 0.6) is 11.5 Å². The zero-order chi connectivity index (χ0) is 13.2. The van der Waals surface area contributed by atoms with E-state index in [1.54, 1.807) is 12.3 Å². The lowest BCUT2D eigenvalue weighted by atomic mass is 9.91. The number of hydrogen-bond acceptors (Lipinski definition) is 4. The average molecular weight is 247 g/mol. The van der Waals surface area contributed by atoms with E-state index in [-0.39, 0.29) is 18.0 Å². The first-order valence-corrected chi connectivity index (χ1v) is 5.84. The summed E-state index contributed by atoms with van der Waals surface area (Å²) in [4.78, 5) is 11.7. The monoisotopic (exact) mass is 247 g/mol. The molecule has 0 spiro atoms.